The van der Waals surface area contributed by atoms with Crippen LogP contribution in [-0.2, 0) is 6.42 Å². The average molecular weight is 281 g/mol. The maximum absolute atomic E-state index is 4.38. The standard InChI is InChI=1S/C16H19N5/c1-13-14(12-19-20-13)6-5-9-17-16-18-10-11-21(16)15-7-3-2-4-8-15/h2-4,7-8,10-12H,5-6,9H2,1H3,(H,17,18)(H,19,20). The summed E-state index contributed by atoms with van der Waals surface area (Å²) in [5.41, 5.74) is 3.55. The van der Waals surface area contributed by atoms with Gasteiger partial charge >= 0.3 is 0 Å². The minimum Gasteiger partial charge on any atom is -0.355 e. The number of nitrogens with zero attached hydrogens (tertiary/aromatic N) is 3. The van der Waals surface area contributed by atoms with Gasteiger partial charge in [0.05, 0.1) is 6.20 Å². The zero-order valence-electron chi connectivity index (χ0n) is 12.1. The number of anilines is 1. The highest BCUT2D eigenvalue weighted by molar-refractivity contribution is 5.41. The Balaban J connectivity index is 1.57. The SMILES string of the molecule is Cc1[nH]ncc1CCCNc1nccn1-c1ccccc1. The molecule has 0 aliphatic rings. The molecule has 0 spiro atoms. The third-order valence-electron chi connectivity index (χ3n) is 3.52. The highest BCUT2D eigenvalue weighted by atomic mass is 15.2. The molecule has 1 aromatic carbocycles. The van der Waals surface area contributed by atoms with Gasteiger partial charge in [-0.1, -0.05) is 18.2 Å². The molecule has 0 fully saturated rings. The fraction of sp³-hybridized carbons (Fsp3) is 0.250. The van der Waals surface area contributed by atoms with Gasteiger partial charge < -0.3 is 5.32 Å². The van der Waals surface area contributed by atoms with Crippen molar-refractivity contribution in [1.82, 2.24) is 19.7 Å². The van der Waals surface area contributed by atoms with Gasteiger partial charge in [0.15, 0.2) is 0 Å². The Kier molecular flexibility index (Phi) is 4.00. The number of aromatic nitrogens is 4. The van der Waals surface area contributed by atoms with Gasteiger partial charge in [-0.3, -0.25) is 9.67 Å². The van der Waals surface area contributed by atoms with Crippen LogP contribution in [0.5, 0.6) is 0 Å². The molecule has 3 rings (SSSR count). The molecular weight excluding hydrogens is 262 g/mol. The zero-order valence-corrected chi connectivity index (χ0v) is 12.1. The summed E-state index contributed by atoms with van der Waals surface area (Å²) in [6, 6.07) is 10.2. The summed E-state index contributed by atoms with van der Waals surface area (Å²) in [5.74, 6) is 0.880. The van der Waals surface area contributed by atoms with Crippen LogP contribution in [0.1, 0.15) is 17.7 Å². The molecule has 0 amide bonds. The van der Waals surface area contributed by atoms with E-state index in [1.807, 2.05) is 36.8 Å². The van der Waals surface area contributed by atoms with Crippen molar-refractivity contribution in [3.8, 4) is 5.69 Å². The molecule has 5 nitrogen and oxygen atoms in total. The molecule has 2 aromatic heterocycles. The average Bonchev–Trinajstić information content (AvgIpc) is 3.14. The third kappa shape index (κ3) is 3.13. The van der Waals surface area contributed by atoms with Crippen molar-refractivity contribution in [3.63, 3.8) is 0 Å². The lowest BCUT2D eigenvalue weighted by molar-refractivity contribution is 0.844. The highest BCUT2D eigenvalue weighted by Gasteiger charge is 2.04. The number of imidazole rings is 1. The minimum atomic E-state index is 0.880. The van der Waals surface area contributed by atoms with Crippen LogP contribution in [0, 0.1) is 6.92 Å². The van der Waals surface area contributed by atoms with E-state index in [9.17, 15) is 0 Å². The van der Waals surface area contributed by atoms with Crippen molar-refractivity contribution in [2.45, 2.75) is 19.8 Å². The number of nitrogens with one attached hydrogen (secondary N) is 2. The normalized spacial score (nSPS) is 10.7. The summed E-state index contributed by atoms with van der Waals surface area (Å²) in [6.07, 6.45) is 7.75. The molecule has 0 bridgehead atoms. The van der Waals surface area contributed by atoms with E-state index >= 15 is 0 Å². The van der Waals surface area contributed by atoms with Crippen molar-refractivity contribution in [2.24, 2.45) is 0 Å². The molecular formula is C16H19N5. The van der Waals surface area contributed by atoms with E-state index in [1.165, 1.54) is 5.56 Å². The smallest absolute Gasteiger partial charge is 0.207 e. The number of para-hydroxylation sites is 1. The van der Waals surface area contributed by atoms with Crippen LogP contribution >= 0.6 is 0 Å². The second kappa shape index (κ2) is 6.26. The summed E-state index contributed by atoms with van der Waals surface area (Å²) < 4.78 is 2.06. The van der Waals surface area contributed by atoms with E-state index < -0.39 is 0 Å². The Morgan fingerprint density at radius 2 is 2.10 bits per heavy atom. The van der Waals surface area contributed by atoms with Crippen molar-refractivity contribution >= 4 is 5.95 Å². The summed E-state index contributed by atoms with van der Waals surface area (Å²) >= 11 is 0. The predicted octanol–water partition coefficient (Wildman–Crippen LogP) is 2.95. The Morgan fingerprint density at radius 1 is 1.24 bits per heavy atom. The number of hydrogen-bond donors (Lipinski definition) is 2. The van der Waals surface area contributed by atoms with E-state index in [0.29, 0.717) is 0 Å². The maximum atomic E-state index is 4.38. The molecule has 0 saturated carbocycles. The van der Waals surface area contributed by atoms with Gasteiger partial charge in [0, 0.05) is 30.3 Å². The number of aromatic amines is 1. The first kappa shape index (κ1) is 13.4. The largest absolute Gasteiger partial charge is 0.355 e. The number of rotatable bonds is 6. The monoisotopic (exact) mass is 281 g/mol. The van der Waals surface area contributed by atoms with Crippen LogP contribution < -0.4 is 5.32 Å². The maximum Gasteiger partial charge on any atom is 0.207 e. The topological polar surface area (TPSA) is 58.5 Å². The first-order valence-corrected chi connectivity index (χ1v) is 7.16. The number of aryl methyl sites for hydroxylation is 2. The van der Waals surface area contributed by atoms with Gasteiger partial charge in [0.25, 0.3) is 0 Å². The van der Waals surface area contributed by atoms with Gasteiger partial charge in [-0.25, -0.2) is 4.98 Å². The van der Waals surface area contributed by atoms with Crippen LogP contribution in [-0.4, -0.2) is 26.3 Å². The third-order valence-corrected chi connectivity index (χ3v) is 3.52. The Morgan fingerprint density at radius 3 is 2.86 bits per heavy atom. The van der Waals surface area contributed by atoms with Gasteiger partial charge in [0.1, 0.15) is 0 Å². The Hall–Kier alpha value is -2.56. The van der Waals surface area contributed by atoms with E-state index in [0.717, 1.165) is 36.7 Å². The van der Waals surface area contributed by atoms with Crippen molar-refractivity contribution in [2.75, 3.05) is 11.9 Å². The van der Waals surface area contributed by atoms with Crippen LogP contribution in [0.25, 0.3) is 5.69 Å². The first-order chi connectivity index (χ1) is 10.3. The quantitative estimate of drug-likeness (QED) is 0.683. The molecule has 3 aromatic rings. The minimum absolute atomic E-state index is 0.880. The summed E-state index contributed by atoms with van der Waals surface area (Å²) in [4.78, 5) is 4.38. The predicted molar refractivity (Wildman–Crippen MR) is 83.7 cm³/mol. The Bertz CT molecular complexity index is 684. The molecule has 2 N–H and O–H groups in total. The van der Waals surface area contributed by atoms with Gasteiger partial charge in [-0.15, -0.1) is 0 Å². The summed E-state index contributed by atoms with van der Waals surface area (Å²) in [6.45, 7) is 2.94. The Labute approximate surface area is 124 Å². The van der Waals surface area contributed by atoms with Crippen molar-refractivity contribution in [1.29, 1.82) is 0 Å². The van der Waals surface area contributed by atoms with E-state index in [1.54, 1.807) is 0 Å². The van der Waals surface area contributed by atoms with Crippen LogP contribution in [0.3, 0.4) is 0 Å². The fourth-order valence-corrected chi connectivity index (χ4v) is 2.34. The second-order valence-electron chi connectivity index (χ2n) is 5.01. The van der Waals surface area contributed by atoms with Crippen LogP contribution in [0.2, 0.25) is 0 Å². The molecule has 0 radical (unpaired) electrons. The van der Waals surface area contributed by atoms with Crippen molar-refractivity contribution < 1.29 is 0 Å². The fourth-order valence-electron chi connectivity index (χ4n) is 2.34. The molecule has 0 atom stereocenters. The van der Waals surface area contributed by atoms with E-state index in [4.69, 9.17) is 0 Å². The molecule has 0 aliphatic carbocycles. The first-order valence-electron chi connectivity index (χ1n) is 7.16. The van der Waals surface area contributed by atoms with Gasteiger partial charge in [0.2, 0.25) is 5.95 Å². The van der Waals surface area contributed by atoms with Crippen LogP contribution in [0.15, 0.2) is 48.9 Å². The van der Waals surface area contributed by atoms with Gasteiger partial charge in [-0.2, -0.15) is 5.10 Å². The van der Waals surface area contributed by atoms with E-state index in [2.05, 4.69) is 44.1 Å². The lowest BCUT2D eigenvalue weighted by atomic mass is 10.1. The molecule has 2 heterocycles. The summed E-state index contributed by atoms with van der Waals surface area (Å²) in [7, 11) is 0. The zero-order chi connectivity index (χ0) is 14.5. The molecule has 0 unspecified atom stereocenters. The van der Waals surface area contributed by atoms with Crippen LogP contribution in [0.4, 0.5) is 5.95 Å². The number of benzene rings is 1. The van der Waals surface area contributed by atoms with Gasteiger partial charge in [-0.05, 0) is 37.5 Å². The van der Waals surface area contributed by atoms with Crippen molar-refractivity contribution in [3.05, 3.63) is 60.2 Å². The van der Waals surface area contributed by atoms with E-state index in [-0.39, 0.29) is 0 Å². The number of hydrogen-bond acceptors (Lipinski definition) is 3. The molecule has 21 heavy (non-hydrogen) atoms. The number of H-pyrrole nitrogens is 1. The molecule has 0 saturated heterocycles. The second-order valence-corrected chi connectivity index (χ2v) is 5.01. The highest BCUT2D eigenvalue weighted by Crippen LogP contribution is 2.14. The molecule has 5 heteroatoms. The lowest BCUT2D eigenvalue weighted by Gasteiger charge is -2.09. The lowest BCUT2D eigenvalue weighted by Crippen LogP contribution is -2.08. The summed E-state index contributed by atoms with van der Waals surface area (Å²) in [5, 5.41) is 10.4. The molecule has 108 valence electrons. The molecule has 0 aliphatic heterocycles.